The molecule has 0 aliphatic carbocycles. The Morgan fingerprint density at radius 2 is 0.811 bits per heavy atom. The Morgan fingerprint density at radius 3 is 1.22 bits per heavy atom. The Kier molecular flexibility index (Phi) is 25.3. The van der Waals surface area contributed by atoms with Crippen molar-refractivity contribution in [3.63, 3.8) is 0 Å². The Balaban J connectivity index is 1.65. The van der Waals surface area contributed by atoms with Gasteiger partial charge in [0.25, 0.3) is 0 Å². The van der Waals surface area contributed by atoms with E-state index < -0.39 is 145 Å². The average molecular weight is 1050 g/mol. The van der Waals surface area contributed by atoms with Crippen molar-refractivity contribution in [3.8, 4) is 0 Å². The standard InChI is InChI=1S/C50H62N8O15S/c1-29(30(2)59)27-52-44(65)37(24-31-12-6-3-7-13-31)56-46(67)39(26-33-16-10-5-11-17-33)54-42(62)28-51-40(60)21-18-34(47(68)69)55-45(66)38(25-32-14-8-4-9-15-32)53-41(61)22-19-35(48(70)71)57-50(74)58-36(49(72)73)20-23-43(63)64/h3-17,29,34-39H,18-28H2,1-2H3,(H,51,60)(H,52,65)(H,53,61)(H,54,62)(H,55,66)(H,56,67)(H,63,64)(H,68,69)(H,70,71)(H,72,73)(H2,57,58,74)/t29-,34+,35-,36-,37-,38-,39-/m0/s1. The van der Waals surface area contributed by atoms with Crippen molar-refractivity contribution in [2.75, 3.05) is 13.1 Å². The maximum Gasteiger partial charge on any atom is 0.326 e. The molecule has 12 N–H and O–H groups in total. The number of carbonyl (C=O) groups excluding carboxylic acids is 7. The highest BCUT2D eigenvalue weighted by molar-refractivity contribution is 7.80. The van der Waals surface area contributed by atoms with Crippen molar-refractivity contribution < 1.29 is 73.2 Å². The maximum absolute atomic E-state index is 13.9. The van der Waals surface area contributed by atoms with E-state index in [0.717, 1.165) is 5.56 Å². The number of benzene rings is 3. The van der Waals surface area contributed by atoms with Crippen LogP contribution in [0.15, 0.2) is 91.0 Å². The van der Waals surface area contributed by atoms with Crippen LogP contribution in [0.5, 0.6) is 0 Å². The number of aliphatic carboxylic acids is 4. The molecule has 3 aromatic rings. The second kappa shape index (κ2) is 31.2. The fourth-order valence-electron chi connectivity index (χ4n) is 6.97. The van der Waals surface area contributed by atoms with Gasteiger partial charge in [-0.15, -0.1) is 0 Å². The summed E-state index contributed by atoms with van der Waals surface area (Å²) >= 11 is 5.03. The number of thiocarbonyl (C=S) groups is 1. The summed E-state index contributed by atoms with van der Waals surface area (Å²) in [4.78, 5) is 139. The minimum absolute atomic E-state index is 0.0130. The molecule has 0 aliphatic rings. The molecule has 0 aromatic heterocycles. The van der Waals surface area contributed by atoms with Gasteiger partial charge in [-0.1, -0.05) is 97.9 Å². The summed E-state index contributed by atoms with van der Waals surface area (Å²) in [6.45, 7) is 2.43. The molecule has 3 aromatic carbocycles. The number of hydrogen-bond acceptors (Lipinski definition) is 12. The van der Waals surface area contributed by atoms with Crippen molar-refractivity contribution in [1.82, 2.24) is 42.5 Å². The van der Waals surface area contributed by atoms with Crippen LogP contribution in [0.25, 0.3) is 0 Å². The normalized spacial score (nSPS) is 13.5. The molecule has 3 rings (SSSR count). The Hall–Kier alpha value is -8.28. The van der Waals surface area contributed by atoms with E-state index >= 15 is 0 Å². The first-order valence-electron chi connectivity index (χ1n) is 23.4. The highest BCUT2D eigenvalue weighted by atomic mass is 32.1. The van der Waals surface area contributed by atoms with Crippen molar-refractivity contribution >= 4 is 82.4 Å². The average Bonchev–Trinajstić information content (AvgIpc) is 3.36. The van der Waals surface area contributed by atoms with E-state index in [1.165, 1.54) is 6.92 Å². The molecule has 0 spiro atoms. The molecule has 0 fully saturated rings. The van der Waals surface area contributed by atoms with Gasteiger partial charge in [0.05, 0.1) is 6.54 Å². The number of carbonyl (C=O) groups is 11. The van der Waals surface area contributed by atoms with Crippen LogP contribution in [-0.2, 0) is 72.0 Å². The Labute approximate surface area is 431 Å². The van der Waals surface area contributed by atoms with Crippen LogP contribution in [0, 0.1) is 5.92 Å². The zero-order valence-electron chi connectivity index (χ0n) is 40.7. The summed E-state index contributed by atoms with van der Waals surface area (Å²) in [6.07, 6.45) is -2.92. The number of ketones is 1. The molecule has 398 valence electrons. The lowest BCUT2D eigenvalue weighted by atomic mass is 10.0. The summed E-state index contributed by atoms with van der Waals surface area (Å²) < 4.78 is 0. The molecule has 0 unspecified atom stereocenters. The summed E-state index contributed by atoms with van der Waals surface area (Å²) in [7, 11) is 0. The van der Waals surface area contributed by atoms with E-state index in [-0.39, 0.29) is 38.0 Å². The summed E-state index contributed by atoms with van der Waals surface area (Å²) in [6, 6.07) is 17.4. The number of amides is 6. The van der Waals surface area contributed by atoms with Crippen molar-refractivity contribution in [2.24, 2.45) is 5.92 Å². The molecular weight excluding hydrogens is 985 g/mol. The fraction of sp³-hybridized carbons (Fsp3) is 0.400. The van der Waals surface area contributed by atoms with Crippen LogP contribution in [0.1, 0.15) is 69.1 Å². The Morgan fingerprint density at radius 1 is 0.446 bits per heavy atom. The minimum atomic E-state index is -1.68. The lowest BCUT2D eigenvalue weighted by Crippen LogP contribution is -2.56. The SMILES string of the molecule is CC(=O)[C@@H](C)CNC(=O)[C@H](Cc1ccccc1)NC(=O)[C@H](Cc1ccccc1)NC(=O)CNC(=O)CC[C@@H](NC(=O)[C@H](Cc1ccccc1)NC(=O)CC[C@H](NC(=S)N[C@@H](CCC(=O)O)C(=O)O)C(=O)O)C(=O)O. The molecule has 0 saturated heterocycles. The van der Waals surface area contributed by atoms with Gasteiger partial charge in [-0.05, 0) is 55.1 Å². The third kappa shape index (κ3) is 22.9. The van der Waals surface area contributed by atoms with Crippen LogP contribution in [0.3, 0.4) is 0 Å². The minimum Gasteiger partial charge on any atom is -0.481 e. The fourth-order valence-corrected chi connectivity index (χ4v) is 7.26. The molecule has 23 nitrogen and oxygen atoms in total. The van der Waals surface area contributed by atoms with Crippen LogP contribution in [0.4, 0.5) is 0 Å². The van der Waals surface area contributed by atoms with Crippen molar-refractivity contribution in [1.29, 1.82) is 0 Å². The third-order valence-corrected chi connectivity index (χ3v) is 11.5. The van der Waals surface area contributed by atoms with Gasteiger partial charge < -0.3 is 63.0 Å². The summed E-state index contributed by atoms with van der Waals surface area (Å²) in [5, 5.41) is 57.6. The van der Waals surface area contributed by atoms with Gasteiger partial charge in [-0.25, -0.2) is 14.4 Å². The topological polar surface area (TPSA) is 365 Å². The van der Waals surface area contributed by atoms with Gasteiger partial charge >= 0.3 is 23.9 Å². The quantitative estimate of drug-likeness (QED) is 0.0366. The Bertz CT molecular complexity index is 2450. The predicted molar refractivity (Wildman–Crippen MR) is 269 cm³/mol. The van der Waals surface area contributed by atoms with Gasteiger partial charge in [0.1, 0.15) is 42.0 Å². The summed E-state index contributed by atoms with van der Waals surface area (Å²) in [5.74, 6) is -11.0. The second-order valence-electron chi connectivity index (χ2n) is 17.2. The van der Waals surface area contributed by atoms with Gasteiger partial charge in [-0.3, -0.25) is 38.4 Å². The lowest BCUT2D eigenvalue weighted by molar-refractivity contribution is -0.143. The molecular formula is C50H62N8O15S. The molecule has 7 atom stereocenters. The van der Waals surface area contributed by atoms with Crippen LogP contribution >= 0.6 is 12.2 Å². The number of carboxylic acids is 4. The van der Waals surface area contributed by atoms with Crippen LogP contribution < -0.4 is 42.5 Å². The number of rotatable bonds is 32. The molecule has 0 heterocycles. The van der Waals surface area contributed by atoms with Crippen molar-refractivity contribution in [3.05, 3.63) is 108 Å². The van der Waals surface area contributed by atoms with Crippen LogP contribution in [-0.4, -0.2) is 140 Å². The lowest BCUT2D eigenvalue weighted by Gasteiger charge is -2.24. The first kappa shape index (κ1) is 60.0. The molecule has 24 heteroatoms. The first-order chi connectivity index (χ1) is 35.1. The zero-order valence-corrected chi connectivity index (χ0v) is 41.5. The predicted octanol–water partition coefficient (Wildman–Crippen LogP) is -0.00850. The van der Waals surface area contributed by atoms with Gasteiger partial charge in [0, 0.05) is 51.0 Å². The number of nitrogens with one attached hydrogen (secondary N) is 8. The highest BCUT2D eigenvalue weighted by Gasteiger charge is 2.31. The number of carboxylic acid groups (broad SMARTS) is 4. The molecule has 74 heavy (non-hydrogen) atoms. The first-order valence-corrected chi connectivity index (χ1v) is 23.9. The number of hydrogen-bond donors (Lipinski definition) is 12. The second-order valence-corrected chi connectivity index (χ2v) is 17.6. The van der Waals surface area contributed by atoms with Crippen molar-refractivity contribution in [2.45, 2.75) is 108 Å². The molecule has 0 radical (unpaired) electrons. The number of Topliss-reactive ketones (excluding diaryl/α,β-unsaturated/α-hetero) is 1. The largest absolute Gasteiger partial charge is 0.481 e. The molecule has 0 aliphatic heterocycles. The zero-order chi connectivity index (χ0) is 54.7. The van der Waals surface area contributed by atoms with E-state index in [4.69, 9.17) is 17.3 Å². The van der Waals surface area contributed by atoms with E-state index in [0.29, 0.717) is 11.1 Å². The summed E-state index contributed by atoms with van der Waals surface area (Å²) in [5.41, 5.74) is 1.93. The molecule has 0 saturated carbocycles. The van der Waals surface area contributed by atoms with E-state index in [2.05, 4.69) is 42.5 Å². The van der Waals surface area contributed by atoms with E-state index in [1.807, 2.05) is 0 Å². The third-order valence-electron chi connectivity index (χ3n) is 11.3. The highest BCUT2D eigenvalue weighted by Crippen LogP contribution is 2.10. The van der Waals surface area contributed by atoms with Gasteiger partial charge in [0.15, 0.2) is 5.11 Å². The monoisotopic (exact) mass is 1050 g/mol. The van der Waals surface area contributed by atoms with Gasteiger partial charge in [-0.2, -0.15) is 0 Å². The van der Waals surface area contributed by atoms with E-state index in [1.54, 1.807) is 97.9 Å². The smallest absolute Gasteiger partial charge is 0.326 e. The van der Waals surface area contributed by atoms with Gasteiger partial charge in [0.2, 0.25) is 35.4 Å². The molecule has 0 bridgehead atoms. The molecule has 6 amide bonds. The maximum atomic E-state index is 13.9. The van der Waals surface area contributed by atoms with E-state index in [9.17, 15) is 68.1 Å². The van der Waals surface area contributed by atoms with Crippen LogP contribution in [0.2, 0.25) is 0 Å².